The molecule has 1 rings (SSSR count). The van der Waals surface area contributed by atoms with Crippen molar-refractivity contribution in [3.05, 3.63) is 35.2 Å². The van der Waals surface area contributed by atoms with Crippen LogP contribution >= 0.6 is 0 Å². The Morgan fingerprint density at radius 3 is 2.33 bits per heavy atom. The Balaban J connectivity index is 2.90. The first-order chi connectivity index (χ1) is 9.72. The number of anilines is 1. The molecule has 21 heavy (non-hydrogen) atoms. The number of carbonyl (C=O) groups excluding carboxylic acids is 1. The second-order valence-electron chi connectivity index (χ2n) is 4.03. The summed E-state index contributed by atoms with van der Waals surface area (Å²) >= 11 is 0. The summed E-state index contributed by atoms with van der Waals surface area (Å²) < 4.78 is 41.3. The Morgan fingerprint density at radius 1 is 1.24 bits per heavy atom. The average Bonchev–Trinajstić information content (AvgIpc) is 2.39. The number of aliphatic carboxylic acids is 1. The van der Waals surface area contributed by atoms with Crippen molar-refractivity contribution in [2.24, 2.45) is 0 Å². The van der Waals surface area contributed by atoms with E-state index in [1.807, 2.05) is 0 Å². The highest BCUT2D eigenvalue weighted by atomic mass is 19.3. The van der Waals surface area contributed by atoms with Crippen molar-refractivity contribution < 1.29 is 32.6 Å². The number of hydrogen-bond acceptors (Lipinski definition) is 3. The molecule has 0 spiro atoms. The largest absolute Gasteiger partial charge is 0.478 e. The van der Waals surface area contributed by atoms with Crippen LogP contribution in [0, 0.1) is 5.82 Å². The van der Waals surface area contributed by atoms with E-state index in [1.54, 1.807) is 0 Å². The number of nitrogens with one attached hydrogen (secondary N) is 1. The van der Waals surface area contributed by atoms with Crippen LogP contribution in [-0.4, -0.2) is 23.6 Å². The van der Waals surface area contributed by atoms with Gasteiger partial charge in [-0.15, -0.1) is 0 Å². The van der Waals surface area contributed by atoms with Crippen LogP contribution in [0.3, 0.4) is 0 Å². The van der Waals surface area contributed by atoms with Gasteiger partial charge in [0.15, 0.2) is 11.6 Å². The van der Waals surface area contributed by atoms with Crippen LogP contribution in [0.25, 0.3) is 0 Å². The molecule has 0 radical (unpaired) electrons. The van der Waals surface area contributed by atoms with Gasteiger partial charge in [0.1, 0.15) is 0 Å². The first-order valence-electron chi connectivity index (χ1n) is 5.69. The number of carbonyl (C=O) groups is 2. The van der Waals surface area contributed by atoms with Gasteiger partial charge >= 0.3 is 12.6 Å². The van der Waals surface area contributed by atoms with Crippen LogP contribution in [0.5, 0.6) is 5.75 Å². The van der Waals surface area contributed by atoms with E-state index in [0.717, 1.165) is 18.2 Å². The highest BCUT2D eigenvalue weighted by molar-refractivity contribution is 6.08. The van der Waals surface area contributed by atoms with Crippen LogP contribution in [0.1, 0.15) is 13.8 Å². The van der Waals surface area contributed by atoms with Gasteiger partial charge in [-0.2, -0.15) is 8.78 Å². The fourth-order valence-electron chi connectivity index (χ4n) is 1.33. The van der Waals surface area contributed by atoms with E-state index in [2.05, 4.69) is 10.1 Å². The second kappa shape index (κ2) is 6.78. The van der Waals surface area contributed by atoms with Crippen LogP contribution in [0.2, 0.25) is 0 Å². The van der Waals surface area contributed by atoms with Crippen molar-refractivity contribution in [3.63, 3.8) is 0 Å². The molecule has 2 N–H and O–H groups in total. The molecule has 0 aromatic heterocycles. The maximum Gasteiger partial charge on any atom is 0.387 e. The molecule has 1 aromatic carbocycles. The summed E-state index contributed by atoms with van der Waals surface area (Å²) in [5.41, 5.74) is -0.238. The number of rotatable bonds is 5. The van der Waals surface area contributed by atoms with E-state index in [4.69, 9.17) is 5.11 Å². The molecule has 0 aliphatic rings. The lowest BCUT2D eigenvalue weighted by atomic mass is 10.1. The summed E-state index contributed by atoms with van der Waals surface area (Å²) in [7, 11) is 0. The highest BCUT2D eigenvalue weighted by Crippen LogP contribution is 2.23. The number of ether oxygens (including phenoxy) is 1. The predicted octanol–water partition coefficient (Wildman–Crippen LogP) is 2.79. The van der Waals surface area contributed by atoms with Gasteiger partial charge in [0, 0.05) is 22.9 Å². The van der Waals surface area contributed by atoms with Crippen LogP contribution in [0.4, 0.5) is 18.9 Å². The molecule has 5 nitrogen and oxygen atoms in total. The van der Waals surface area contributed by atoms with Gasteiger partial charge in [-0.1, -0.05) is 0 Å². The molecule has 0 fully saturated rings. The van der Waals surface area contributed by atoms with Crippen LogP contribution in [0.15, 0.2) is 29.3 Å². The molecule has 0 saturated heterocycles. The first kappa shape index (κ1) is 16.5. The smallest absolute Gasteiger partial charge is 0.387 e. The number of carboxylic acids is 1. The summed E-state index contributed by atoms with van der Waals surface area (Å²) in [6.07, 6.45) is 0. The maximum absolute atomic E-state index is 13.4. The third kappa shape index (κ3) is 4.51. The third-order valence-corrected chi connectivity index (χ3v) is 2.63. The zero-order chi connectivity index (χ0) is 16.2. The molecule has 0 atom stereocenters. The normalized spacial score (nSPS) is 11.9. The van der Waals surface area contributed by atoms with E-state index in [9.17, 15) is 22.8 Å². The van der Waals surface area contributed by atoms with Crippen LogP contribution in [-0.2, 0) is 9.59 Å². The summed E-state index contributed by atoms with van der Waals surface area (Å²) in [5, 5.41) is 11.0. The van der Waals surface area contributed by atoms with E-state index < -0.39 is 30.1 Å². The lowest BCUT2D eigenvalue weighted by Gasteiger charge is -2.09. The number of carboxylic acid groups (broad SMARTS) is 1. The molecular formula is C13H12F3NO4. The summed E-state index contributed by atoms with van der Waals surface area (Å²) in [6, 6.07) is 2.88. The van der Waals surface area contributed by atoms with Crippen molar-refractivity contribution in [3.8, 4) is 5.75 Å². The second-order valence-corrected chi connectivity index (χ2v) is 4.03. The number of amides is 1. The number of alkyl halides is 2. The topological polar surface area (TPSA) is 75.6 Å². The van der Waals surface area contributed by atoms with E-state index >= 15 is 0 Å². The van der Waals surface area contributed by atoms with E-state index in [0.29, 0.717) is 0 Å². The minimum absolute atomic E-state index is 0.0170. The average molecular weight is 303 g/mol. The molecule has 0 saturated carbocycles. The quantitative estimate of drug-likeness (QED) is 0.820. The van der Waals surface area contributed by atoms with Gasteiger partial charge < -0.3 is 15.2 Å². The molecule has 0 bridgehead atoms. The van der Waals surface area contributed by atoms with Crippen molar-refractivity contribution in [2.45, 2.75) is 20.5 Å². The molecule has 1 amide bonds. The summed E-state index contributed by atoms with van der Waals surface area (Å²) in [5.74, 6) is -3.73. The summed E-state index contributed by atoms with van der Waals surface area (Å²) in [4.78, 5) is 22.4. The third-order valence-electron chi connectivity index (χ3n) is 2.63. The lowest BCUT2D eigenvalue weighted by molar-refractivity contribution is -0.133. The summed E-state index contributed by atoms with van der Waals surface area (Å²) in [6.45, 7) is -0.621. The monoisotopic (exact) mass is 303 g/mol. The first-order valence-corrected chi connectivity index (χ1v) is 5.69. The van der Waals surface area contributed by atoms with Gasteiger partial charge in [0.05, 0.1) is 0 Å². The molecule has 0 aliphatic carbocycles. The fourth-order valence-corrected chi connectivity index (χ4v) is 1.33. The highest BCUT2D eigenvalue weighted by Gasteiger charge is 2.15. The zero-order valence-corrected chi connectivity index (χ0v) is 11.1. The minimum Gasteiger partial charge on any atom is -0.478 e. The van der Waals surface area contributed by atoms with Crippen molar-refractivity contribution in [1.29, 1.82) is 0 Å². The molecule has 8 heteroatoms. The van der Waals surface area contributed by atoms with E-state index in [-0.39, 0.29) is 16.8 Å². The minimum atomic E-state index is -3.16. The molecule has 0 heterocycles. The number of halogens is 3. The molecule has 0 unspecified atom stereocenters. The fraction of sp³-hybridized carbons (Fsp3) is 0.231. The molecular weight excluding hydrogens is 291 g/mol. The van der Waals surface area contributed by atoms with Gasteiger partial charge in [-0.25, -0.2) is 9.18 Å². The Kier molecular flexibility index (Phi) is 5.34. The number of hydrogen-bond donors (Lipinski definition) is 2. The van der Waals surface area contributed by atoms with Crippen molar-refractivity contribution in [1.82, 2.24) is 0 Å². The van der Waals surface area contributed by atoms with E-state index in [1.165, 1.54) is 13.8 Å². The Hall–Kier alpha value is -2.51. The molecule has 1 aromatic rings. The molecule has 114 valence electrons. The number of benzene rings is 1. The Morgan fingerprint density at radius 2 is 1.86 bits per heavy atom. The van der Waals surface area contributed by atoms with Crippen molar-refractivity contribution >= 4 is 17.6 Å². The predicted molar refractivity (Wildman–Crippen MR) is 67.7 cm³/mol. The van der Waals surface area contributed by atoms with Gasteiger partial charge in [0.25, 0.3) is 5.91 Å². The molecule has 0 aliphatic heterocycles. The van der Waals surface area contributed by atoms with Crippen molar-refractivity contribution in [2.75, 3.05) is 5.32 Å². The van der Waals surface area contributed by atoms with Gasteiger partial charge in [-0.3, -0.25) is 4.79 Å². The van der Waals surface area contributed by atoms with Gasteiger partial charge in [0.2, 0.25) is 0 Å². The standard InChI is InChI=1S/C13H12F3NO4/c1-6(7(2)12(19)20)11(18)17-8-3-4-10(9(14)5-8)21-13(15)16/h3-5,13H,1-2H3,(H,17,18)(H,19,20). The zero-order valence-electron chi connectivity index (χ0n) is 11.1. The lowest BCUT2D eigenvalue weighted by Crippen LogP contribution is -2.16. The maximum atomic E-state index is 13.4. The van der Waals surface area contributed by atoms with Gasteiger partial charge in [-0.05, 0) is 26.0 Å². The Bertz CT molecular complexity index is 599. The Labute approximate surface area is 118 Å². The SMILES string of the molecule is CC(C(=O)O)=C(C)C(=O)Nc1ccc(OC(F)F)c(F)c1. The van der Waals surface area contributed by atoms with Crippen LogP contribution < -0.4 is 10.1 Å².